The summed E-state index contributed by atoms with van der Waals surface area (Å²) in [5, 5.41) is 4.07. The smallest absolute Gasteiger partial charge is 0.276 e. The summed E-state index contributed by atoms with van der Waals surface area (Å²) in [7, 11) is 0. The molecule has 2 aliphatic heterocycles. The number of carbonyl (C=O) groups excluding carboxylic acids is 1. The summed E-state index contributed by atoms with van der Waals surface area (Å²) in [6.45, 7) is 4.42. The quantitative estimate of drug-likeness (QED) is 0.905. The van der Waals surface area contributed by atoms with Crippen molar-refractivity contribution in [1.82, 2.24) is 10.3 Å². The van der Waals surface area contributed by atoms with E-state index in [1.165, 1.54) is 0 Å². The van der Waals surface area contributed by atoms with Gasteiger partial charge in [-0.1, -0.05) is 0 Å². The van der Waals surface area contributed by atoms with Crippen LogP contribution in [0.3, 0.4) is 0 Å². The van der Waals surface area contributed by atoms with Crippen molar-refractivity contribution < 1.29 is 9.53 Å². The molecular formula is C14H16N4O2. The van der Waals surface area contributed by atoms with Crippen LogP contribution in [0.1, 0.15) is 13.8 Å². The van der Waals surface area contributed by atoms with E-state index in [2.05, 4.69) is 10.5 Å². The lowest BCUT2D eigenvalue weighted by Gasteiger charge is -2.31. The van der Waals surface area contributed by atoms with Crippen molar-refractivity contribution in [3.05, 3.63) is 36.7 Å². The Morgan fingerprint density at radius 2 is 2.05 bits per heavy atom. The Kier molecular flexibility index (Phi) is 3.06. The molecule has 0 aromatic heterocycles. The van der Waals surface area contributed by atoms with Crippen LogP contribution in [0.15, 0.2) is 41.8 Å². The van der Waals surface area contributed by atoms with Crippen molar-refractivity contribution >= 4 is 17.4 Å². The molecule has 1 unspecified atom stereocenters. The average Bonchev–Trinajstić information content (AvgIpc) is 2.83. The summed E-state index contributed by atoms with van der Waals surface area (Å²) < 4.78 is 5.40. The van der Waals surface area contributed by atoms with Crippen LogP contribution in [-0.4, -0.2) is 29.4 Å². The summed E-state index contributed by atoms with van der Waals surface area (Å²) in [5.74, 6) is 1.52. The number of hydrogen-bond donors (Lipinski definition) is 1. The highest BCUT2D eigenvalue weighted by Crippen LogP contribution is 2.24. The number of amides is 1. The fourth-order valence-electron chi connectivity index (χ4n) is 2.26. The molecular weight excluding hydrogens is 256 g/mol. The van der Waals surface area contributed by atoms with Crippen LogP contribution in [0, 0.1) is 0 Å². The predicted molar refractivity (Wildman–Crippen MR) is 76.1 cm³/mol. The number of hydrogen-bond acceptors (Lipinski definition) is 5. The van der Waals surface area contributed by atoms with E-state index in [0.717, 1.165) is 17.3 Å². The summed E-state index contributed by atoms with van der Waals surface area (Å²) in [4.78, 5) is 15.9. The number of hydrazone groups is 1. The molecule has 0 spiro atoms. The first-order valence-electron chi connectivity index (χ1n) is 6.53. The van der Waals surface area contributed by atoms with Gasteiger partial charge in [-0.3, -0.25) is 15.1 Å². The number of nitrogens with zero attached hydrogens (tertiary/aromatic N) is 3. The Labute approximate surface area is 117 Å². The molecule has 0 fully saturated rings. The van der Waals surface area contributed by atoms with Crippen molar-refractivity contribution in [2.75, 3.05) is 11.5 Å². The number of ether oxygens (including phenoxy) is 1. The van der Waals surface area contributed by atoms with Gasteiger partial charge in [0.15, 0.2) is 0 Å². The standard InChI is InChI=1S/C14H16N4O2/c1-3-20-12-6-4-11(5-7-12)18-9-8-17-10(2)15-16-13(17)14(18)19/h4-9,13,16H,3H2,1-2H3. The molecule has 104 valence electrons. The van der Waals surface area contributed by atoms with Gasteiger partial charge < -0.3 is 9.64 Å². The zero-order chi connectivity index (χ0) is 14.1. The van der Waals surface area contributed by atoms with Crippen LogP contribution < -0.4 is 15.1 Å². The van der Waals surface area contributed by atoms with E-state index in [1.54, 1.807) is 11.1 Å². The molecule has 2 heterocycles. The Morgan fingerprint density at radius 3 is 2.75 bits per heavy atom. The number of nitrogens with one attached hydrogen (secondary N) is 1. The average molecular weight is 272 g/mol. The minimum atomic E-state index is -0.452. The van der Waals surface area contributed by atoms with Gasteiger partial charge in [0.2, 0.25) is 6.17 Å². The van der Waals surface area contributed by atoms with E-state index in [4.69, 9.17) is 4.74 Å². The number of carbonyl (C=O) groups is 1. The lowest BCUT2D eigenvalue weighted by Crippen LogP contribution is -2.52. The predicted octanol–water partition coefficient (Wildman–Crippen LogP) is 1.47. The number of anilines is 1. The van der Waals surface area contributed by atoms with Crippen molar-refractivity contribution in [1.29, 1.82) is 0 Å². The molecule has 6 nitrogen and oxygen atoms in total. The van der Waals surface area contributed by atoms with Crippen LogP contribution in [0.2, 0.25) is 0 Å². The van der Waals surface area contributed by atoms with Crippen LogP contribution in [0.25, 0.3) is 0 Å². The van der Waals surface area contributed by atoms with E-state index in [-0.39, 0.29) is 5.91 Å². The maximum absolute atomic E-state index is 12.4. The molecule has 0 aliphatic carbocycles. The molecule has 6 heteroatoms. The van der Waals surface area contributed by atoms with Gasteiger partial charge in [-0.25, -0.2) is 0 Å². The summed E-state index contributed by atoms with van der Waals surface area (Å²) in [6.07, 6.45) is 3.15. The Bertz CT molecular complexity index is 579. The van der Waals surface area contributed by atoms with Gasteiger partial charge in [0, 0.05) is 18.1 Å². The second-order valence-corrected chi connectivity index (χ2v) is 4.53. The normalized spacial score (nSPS) is 20.6. The highest BCUT2D eigenvalue weighted by molar-refractivity contribution is 6.03. The SMILES string of the molecule is CCOc1ccc(N2C=CN3C(C)=NNC3C2=O)cc1. The van der Waals surface area contributed by atoms with E-state index < -0.39 is 6.17 Å². The second-order valence-electron chi connectivity index (χ2n) is 4.53. The highest BCUT2D eigenvalue weighted by atomic mass is 16.5. The van der Waals surface area contributed by atoms with E-state index in [1.807, 2.05) is 49.2 Å². The molecule has 0 bridgehead atoms. The molecule has 3 rings (SSSR count). The maximum Gasteiger partial charge on any atom is 0.276 e. The second kappa shape index (κ2) is 4.88. The minimum absolute atomic E-state index is 0.0581. The Morgan fingerprint density at radius 1 is 1.30 bits per heavy atom. The molecule has 1 atom stereocenters. The fraction of sp³-hybridized carbons (Fsp3) is 0.286. The largest absolute Gasteiger partial charge is 0.494 e. The van der Waals surface area contributed by atoms with Gasteiger partial charge in [0.1, 0.15) is 11.6 Å². The fourth-order valence-corrected chi connectivity index (χ4v) is 2.26. The zero-order valence-corrected chi connectivity index (χ0v) is 11.4. The van der Waals surface area contributed by atoms with Crippen molar-refractivity contribution in [3.63, 3.8) is 0 Å². The number of amidine groups is 1. The van der Waals surface area contributed by atoms with Gasteiger partial charge in [-0.05, 0) is 38.1 Å². The topological polar surface area (TPSA) is 57.2 Å². The molecule has 0 saturated carbocycles. The van der Waals surface area contributed by atoms with Crippen molar-refractivity contribution in [2.24, 2.45) is 5.10 Å². The van der Waals surface area contributed by atoms with Crippen LogP contribution in [-0.2, 0) is 4.79 Å². The maximum atomic E-state index is 12.4. The van der Waals surface area contributed by atoms with Gasteiger partial charge in [0.05, 0.1) is 6.61 Å². The third kappa shape index (κ3) is 1.99. The summed E-state index contributed by atoms with van der Waals surface area (Å²) in [5.41, 5.74) is 3.64. The third-order valence-corrected chi connectivity index (χ3v) is 3.27. The number of benzene rings is 1. The van der Waals surface area contributed by atoms with Crippen molar-refractivity contribution in [3.8, 4) is 5.75 Å². The third-order valence-electron chi connectivity index (χ3n) is 3.27. The highest BCUT2D eigenvalue weighted by Gasteiger charge is 2.36. The van der Waals surface area contributed by atoms with E-state index >= 15 is 0 Å². The number of fused-ring (bicyclic) bond motifs is 1. The van der Waals surface area contributed by atoms with Crippen LogP contribution in [0.5, 0.6) is 5.75 Å². The van der Waals surface area contributed by atoms with Gasteiger partial charge in [-0.15, -0.1) is 0 Å². The number of rotatable bonds is 3. The van der Waals surface area contributed by atoms with Gasteiger partial charge in [-0.2, -0.15) is 5.10 Å². The Hall–Kier alpha value is -2.50. The Balaban J connectivity index is 1.83. The van der Waals surface area contributed by atoms with E-state index in [0.29, 0.717) is 6.61 Å². The monoisotopic (exact) mass is 272 g/mol. The van der Waals surface area contributed by atoms with Crippen LogP contribution in [0.4, 0.5) is 5.69 Å². The first-order chi connectivity index (χ1) is 9.70. The van der Waals surface area contributed by atoms with E-state index in [9.17, 15) is 4.79 Å². The van der Waals surface area contributed by atoms with Crippen molar-refractivity contribution in [2.45, 2.75) is 20.0 Å². The molecule has 0 radical (unpaired) electrons. The molecule has 1 aromatic rings. The molecule has 1 amide bonds. The summed E-state index contributed by atoms with van der Waals surface area (Å²) in [6, 6.07) is 7.45. The first-order valence-corrected chi connectivity index (χ1v) is 6.53. The molecule has 20 heavy (non-hydrogen) atoms. The molecule has 2 aliphatic rings. The zero-order valence-electron chi connectivity index (χ0n) is 11.4. The minimum Gasteiger partial charge on any atom is -0.494 e. The molecule has 0 saturated heterocycles. The van der Waals surface area contributed by atoms with Gasteiger partial charge in [0.25, 0.3) is 5.91 Å². The van der Waals surface area contributed by atoms with Gasteiger partial charge >= 0.3 is 0 Å². The molecule has 1 aromatic carbocycles. The molecule has 1 N–H and O–H groups in total. The first kappa shape index (κ1) is 12.5. The van der Waals surface area contributed by atoms with Crippen LogP contribution >= 0.6 is 0 Å². The summed E-state index contributed by atoms with van der Waals surface area (Å²) >= 11 is 0. The lowest BCUT2D eigenvalue weighted by molar-refractivity contribution is -0.122. The lowest BCUT2D eigenvalue weighted by atomic mass is 10.2.